The fourth-order valence-corrected chi connectivity index (χ4v) is 1.18. The summed E-state index contributed by atoms with van der Waals surface area (Å²) in [7, 11) is -3.06. The van der Waals surface area contributed by atoms with Crippen LogP contribution in [0.15, 0.2) is 5.11 Å². The third-order valence-electron chi connectivity index (χ3n) is 1.63. The van der Waals surface area contributed by atoms with Gasteiger partial charge in [0.25, 0.3) is 0 Å². The van der Waals surface area contributed by atoms with Gasteiger partial charge in [-0.25, -0.2) is 14.3 Å². The summed E-state index contributed by atoms with van der Waals surface area (Å²) in [5.74, 6) is -0.449. The first-order valence-electron chi connectivity index (χ1n) is 12.9. The Balaban J connectivity index is -0.0000000189. The van der Waals surface area contributed by atoms with Gasteiger partial charge < -0.3 is 23.9 Å². The second kappa shape index (κ2) is 57.2. The zero-order valence-corrected chi connectivity index (χ0v) is 39.2. The van der Waals surface area contributed by atoms with E-state index in [1.165, 1.54) is 13.8 Å². The van der Waals surface area contributed by atoms with Crippen molar-refractivity contribution in [3.63, 3.8) is 0 Å². The van der Waals surface area contributed by atoms with Crippen LogP contribution in [-0.2, 0) is 37.8 Å². The molecule has 0 rings (SSSR count). The molecule has 0 aromatic carbocycles. The van der Waals surface area contributed by atoms with Crippen molar-refractivity contribution >= 4 is 109 Å². The van der Waals surface area contributed by atoms with Gasteiger partial charge in [-0.15, -0.1) is 4.33 Å². The lowest BCUT2D eigenvalue weighted by Crippen LogP contribution is -2.29. The van der Waals surface area contributed by atoms with Gasteiger partial charge in [0.1, 0.15) is 26.4 Å². The number of nitrogens with zero attached hydrogens (tertiary/aromatic N) is 3. The molecule has 0 aliphatic carbocycles. The predicted octanol–water partition coefficient (Wildman–Crippen LogP) is 9.51. The molecule has 0 unspecified atom stereocenters. The fourth-order valence-electron chi connectivity index (χ4n) is 1.18. The lowest BCUT2D eigenvalue weighted by atomic mass is 10.2. The van der Waals surface area contributed by atoms with Gasteiger partial charge in [-0.2, -0.15) is 81.0 Å². The van der Waals surface area contributed by atoms with Crippen molar-refractivity contribution in [2.24, 2.45) is 5.11 Å². The number of amides is 1. The highest BCUT2D eigenvalue weighted by Crippen LogP contribution is 2.09. The summed E-state index contributed by atoms with van der Waals surface area (Å²) in [6, 6.07) is 0. The normalized spacial score (nSPS) is 8.67. The molecule has 0 bridgehead atoms. The number of hydrogen-bond donors (Lipinski definition) is 3. The van der Waals surface area contributed by atoms with Crippen molar-refractivity contribution in [1.29, 1.82) is 0 Å². The number of rotatable bonds is 1. The van der Waals surface area contributed by atoms with E-state index in [9.17, 15) is 18.6 Å². The Kier molecular flexibility index (Phi) is 121. The van der Waals surface area contributed by atoms with Gasteiger partial charge in [0.15, 0.2) is 0 Å². The molecule has 0 aromatic heterocycles. The Morgan fingerprint density at radius 2 is 0.776 bits per heavy atom. The Morgan fingerprint density at radius 3 is 0.837 bits per heavy atom. The summed E-state index contributed by atoms with van der Waals surface area (Å²) >= 11 is 0. The molecule has 0 heterocycles. The van der Waals surface area contributed by atoms with Gasteiger partial charge in [-0.3, -0.25) is 9.59 Å². The van der Waals surface area contributed by atoms with Crippen molar-refractivity contribution in [3.05, 3.63) is 10.4 Å². The number of azide groups is 1. The van der Waals surface area contributed by atoms with E-state index in [2.05, 4.69) is 19.1 Å². The highest BCUT2D eigenvalue weighted by atomic mass is 32.3. The maximum Gasteiger partial charge on any atom is 0.397 e. The number of carbonyl (C=O) groups excluding carboxylic acids is 3. The van der Waals surface area contributed by atoms with Crippen LogP contribution in [0.1, 0.15) is 133 Å². The zero-order chi connectivity index (χ0) is 35.9. The third-order valence-corrected chi connectivity index (χ3v) is 2.06. The maximum atomic E-state index is 10.4. The molecule has 0 aliphatic rings. The Morgan fingerprint density at radius 1 is 0.612 bits per heavy atom. The molecule has 318 valence electrons. The number of aliphatic hydroxyl groups excluding tert-OH is 1. The van der Waals surface area contributed by atoms with Crippen molar-refractivity contribution in [3.8, 4) is 0 Å². The fraction of sp³-hybridized carbons (Fsp3) is 0.893. The molecule has 1 amide bonds. The van der Waals surface area contributed by atoms with Crippen LogP contribution in [-0.4, -0.2) is 73.6 Å². The predicted molar refractivity (Wildman–Crippen MR) is 243 cm³/mol. The van der Waals surface area contributed by atoms with Crippen LogP contribution in [0, 0.1) is 0 Å². The maximum absolute atomic E-state index is 10.4. The van der Waals surface area contributed by atoms with E-state index in [4.69, 9.17) is 29.9 Å². The lowest BCUT2D eigenvalue weighted by Gasteiger charge is -2.20. The minimum Gasteiger partial charge on any atom is -0.460 e. The molecule has 0 aromatic rings. The number of aliphatic hydroxyl groups is 1. The number of esters is 2. The van der Waals surface area contributed by atoms with Gasteiger partial charge in [0.2, 0.25) is 0 Å². The van der Waals surface area contributed by atoms with E-state index >= 15 is 0 Å². The van der Waals surface area contributed by atoms with Gasteiger partial charge in [0.05, 0.1) is 0 Å². The van der Waals surface area contributed by atoms with E-state index in [0.29, 0.717) is 0 Å². The van der Waals surface area contributed by atoms with Gasteiger partial charge >= 0.3 is 18.0 Å². The first kappa shape index (κ1) is 104. The average molecular weight is 862 g/mol. The molecule has 14 nitrogen and oxygen atoms in total. The second-order valence-electron chi connectivity index (χ2n) is 9.81. The summed E-state index contributed by atoms with van der Waals surface area (Å²) in [5, 5.41) is 17.4. The molecular weight excluding hydrogens is 779 g/mol. The van der Waals surface area contributed by atoms with Crippen molar-refractivity contribution < 1.29 is 52.1 Å². The van der Waals surface area contributed by atoms with Gasteiger partial charge in [-0.1, -0.05) is 56.4 Å². The molecule has 3 N–H and O–H groups in total. The summed E-state index contributed by atoms with van der Waals surface area (Å²) < 4.78 is 36.1. The third kappa shape index (κ3) is 211. The molecular formula is C28H83N3O11S7. The smallest absolute Gasteiger partial charge is 0.397 e. The van der Waals surface area contributed by atoms with Crippen LogP contribution in [0.3, 0.4) is 0 Å². The van der Waals surface area contributed by atoms with Crippen LogP contribution in [0.2, 0.25) is 0 Å². The molecule has 49 heavy (non-hydrogen) atoms. The van der Waals surface area contributed by atoms with Crippen molar-refractivity contribution in [2.75, 3.05) is 19.6 Å². The zero-order valence-electron chi connectivity index (χ0n) is 32.4. The summed E-state index contributed by atoms with van der Waals surface area (Å²) in [5.41, 5.74) is 6.54. The van der Waals surface area contributed by atoms with E-state index < -0.39 is 21.3 Å². The minimum atomic E-state index is -4.06. The Bertz CT molecular complexity index is 728. The molecule has 21 heteroatoms. The highest BCUT2D eigenvalue weighted by Gasteiger charge is 2.18. The van der Waals surface area contributed by atoms with Gasteiger partial charge in [-0.05, 0) is 67.8 Å². The lowest BCUT2D eigenvalue weighted by molar-refractivity contribution is -0.153. The Labute approximate surface area is 343 Å². The van der Waals surface area contributed by atoms with E-state index in [1.54, 1.807) is 20.8 Å². The van der Waals surface area contributed by atoms with Crippen LogP contribution < -0.4 is 0 Å². The van der Waals surface area contributed by atoms with Crippen LogP contribution in [0.4, 0.5) is 4.79 Å². The second-order valence-corrected chi connectivity index (χ2v) is 13.3. The van der Waals surface area contributed by atoms with E-state index in [-0.39, 0.29) is 119 Å². The van der Waals surface area contributed by atoms with E-state index in [0.717, 1.165) is 19.6 Å². The van der Waals surface area contributed by atoms with Crippen LogP contribution >= 0.6 is 81.0 Å². The molecule has 0 saturated carbocycles. The first-order valence-corrected chi connectivity index (χ1v) is 15.6. The average Bonchev–Trinajstić information content (AvgIpc) is 2.75. The SMILES string of the molecule is C.C.CC.CC.CC.CC(=O)OC(C)(C)C.CC(=O)OC(C)(C)C.CC(C)(C)OC(=O)N=[N+]=[N-].CO.CS(C)(=O)(O)OO.S.S.S.S.S.S. The summed E-state index contributed by atoms with van der Waals surface area (Å²) in [6.07, 6.45) is 0.906. The molecule has 0 atom stereocenters. The topological polar surface area (TPSA) is 215 Å². The van der Waals surface area contributed by atoms with Crippen LogP contribution in [0.5, 0.6) is 0 Å². The molecule has 0 saturated heterocycles. The quantitative estimate of drug-likeness (QED) is 0.0429. The molecule has 0 aliphatic heterocycles. The first-order chi connectivity index (χ1) is 18.1. The van der Waals surface area contributed by atoms with Crippen molar-refractivity contribution in [2.45, 2.75) is 149 Å². The number of hydrogen-bond acceptors (Lipinski definition) is 10. The molecule has 0 radical (unpaired) electrons. The summed E-state index contributed by atoms with van der Waals surface area (Å²) in [4.78, 5) is 33.2. The minimum absolute atomic E-state index is 0. The largest absolute Gasteiger partial charge is 0.460 e. The van der Waals surface area contributed by atoms with Crippen LogP contribution in [0.25, 0.3) is 10.4 Å². The number of carbonyl (C=O) groups is 3. The van der Waals surface area contributed by atoms with Crippen molar-refractivity contribution in [1.82, 2.24) is 0 Å². The Hall–Kier alpha value is -0.190. The number of ether oxygens (including phenoxy) is 3. The monoisotopic (exact) mass is 861 g/mol. The standard InChI is InChI=1S/2C6H12O2.C5H9N3O2.C2H8O4S.3C2H6.CH4O.2CH4.6H2S/c2*1-5(7)8-6(2,3)4;1-5(2,3)10-4(9)7-8-6;1-7(2,4,5)6-3;4*1-2;;;;;;;;/h2*1-4H3;1-3H3;3H,1-2H3,(H,4,5);3*1-2H3;2H,1H3;2*1H4;6*1H2. The molecule has 0 spiro atoms. The molecule has 0 fully saturated rings. The summed E-state index contributed by atoms with van der Waals surface area (Å²) in [6.45, 7) is 30.9. The van der Waals surface area contributed by atoms with Gasteiger partial charge in [0, 0.05) is 43.5 Å². The van der Waals surface area contributed by atoms with E-state index in [1.807, 2.05) is 83.1 Å². The highest BCUT2D eigenvalue weighted by molar-refractivity contribution is 8.09.